The molecule has 8 aromatic carbocycles. The summed E-state index contributed by atoms with van der Waals surface area (Å²) in [6.07, 6.45) is 0. The van der Waals surface area contributed by atoms with E-state index in [0.717, 1.165) is 0 Å². The number of hydrogen-bond donors (Lipinski definition) is 0. The minimum atomic E-state index is -0.146. The highest BCUT2D eigenvalue weighted by molar-refractivity contribution is 6.17. The Kier molecular flexibility index (Phi) is 14.9. The summed E-state index contributed by atoms with van der Waals surface area (Å²) in [5.41, 5.74) is 5.59. The standard InChI is InChI=1S/C76H34N14/c1-86-60-32-51(42-83)31-59(33-60)68(58-29-49(40-81)24-50(30-58)41-82)74-70-62(44-85)71(75-87-63(52-14-6-2-7-15-52)34-64(88-75)53-16-8-3-9-17-53)73(67(56-25-45(36-77)22-46(26-56)37-78)57-27-47(38-79)23-48(28-57)39-80)69(70)61(43-84)72(74)76-89-65(54-18-10-4-11-19-54)35-66(90-76)55-20-12-5-13-21-55/h2-35H/b74-68-. The maximum atomic E-state index is 12.5. The predicted molar refractivity (Wildman–Crippen MR) is 335 cm³/mol. The number of nitriles is 9. The summed E-state index contributed by atoms with van der Waals surface area (Å²) in [6.45, 7) is 8.34. The normalized spacial score (nSPS) is 12.5. The maximum Gasteiger partial charge on any atom is 0.189 e. The van der Waals surface area contributed by atoms with E-state index in [1.54, 1.807) is 0 Å². The number of rotatable bonds is 10. The predicted octanol–water partition coefficient (Wildman–Crippen LogP) is 15.2. The van der Waals surface area contributed by atoms with Crippen molar-refractivity contribution in [3.8, 4) is 99.7 Å². The molecule has 2 aliphatic carbocycles. The van der Waals surface area contributed by atoms with E-state index in [1.807, 2.05) is 133 Å². The van der Waals surface area contributed by atoms with Crippen LogP contribution in [-0.2, 0) is 0 Å². The molecule has 2 aliphatic rings. The van der Waals surface area contributed by atoms with Gasteiger partial charge in [-0.3, -0.25) is 0 Å². The van der Waals surface area contributed by atoms with E-state index in [1.165, 1.54) is 72.8 Å². The molecule has 0 saturated carbocycles. The number of benzene rings is 8. The second kappa shape index (κ2) is 24.0. The van der Waals surface area contributed by atoms with Crippen molar-refractivity contribution in [2.24, 2.45) is 0 Å². The van der Waals surface area contributed by atoms with Crippen molar-refractivity contribution >= 4 is 28.0 Å². The van der Waals surface area contributed by atoms with Crippen LogP contribution < -0.4 is 0 Å². The quantitative estimate of drug-likeness (QED) is 0.115. The van der Waals surface area contributed by atoms with Crippen molar-refractivity contribution in [3.05, 3.63) is 324 Å². The average molecular weight is 1140 g/mol. The summed E-state index contributed by atoms with van der Waals surface area (Å²) < 4.78 is 0. The SMILES string of the molecule is [C-]#[N+]c1cc(C#N)cc(/C(=C2/C3=C(C(C#N)=C2c2nc(-c4ccccc4)cc(-c4ccccc4)n2)C(=C(c2cc(C#N)cc(C#N)c2)c2cc(C#N)cc(C#N)c2)C(c2nc(-c4ccccc4)cc(-c4ccccc4)n2)=C3C#N)c2cc(C#N)cc(C#N)c2)c1. The smallest absolute Gasteiger partial charge is 0.189 e. The lowest BCUT2D eigenvalue weighted by atomic mass is 9.82. The Balaban J connectivity index is 1.39. The van der Waals surface area contributed by atoms with Crippen LogP contribution in [0.3, 0.4) is 0 Å². The summed E-state index contributed by atoms with van der Waals surface area (Å²) in [7, 11) is 0. The maximum absolute atomic E-state index is 12.5. The molecule has 0 aliphatic heterocycles. The third-order valence-electron chi connectivity index (χ3n) is 15.1. The van der Waals surface area contributed by atoms with Crippen LogP contribution in [0.4, 0.5) is 5.69 Å². The first-order valence-electron chi connectivity index (χ1n) is 27.5. The molecule has 0 atom stereocenters. The second-order valence-electron chi connectivity index (χ2n) is 20.4. The topological polar surface area (TPSA) is 270 Å². The van der Waals surface area contributed by atoms with Crippen LogP contribution in [0.2, 0.25) is 0 Å². The highest BCUT2D eigenvalue weighted by atomic mass is 14.9. The molecule has 0 spiro atoms. The Bertz CT molecular complexity index is 4650. The minimum Gasteiger partial charge on any atom is -0.238 e. The van der Waals surface area contributed by atoms with E-state index in [9.17, 15) is 47.4 Å². The molecular weight excluding hydrogens is 1110 g/mol. The van der Waals surface area contributed by atoms with E-state index in [4.69, 9.17) is 26.5 Å². The third-order valence-corrected chi connectivity index (χ3v) is 15.1. The van der Waals surface area contributed by atoms with E-state index in [0.29, 0.717) is 45.0 Å². The minimum absolute atomic E-state index is 0.0213. The molecular formula is C76H34N14. The fourth-order valence-electron chi connectivity index (χ4n) is 11.3. The lowest BCUT2D eigenvalue weighted by molar-refractivity contribution is 1.12. The molecule has 0 N–H and O–H groups in total. The Morgan fingerprint density at radius 1 is 0.289 bits per heavy atom. The first-order chi connectivity index (χ1) is 44.1. The van der Waals surface area contributed by atoms with Crippen molar-refractivity contribution in [2.75, 3.05) is 0 Å². The van der Waals surface area contributed by atoms with Gasteiger partial charge >= 0.3 is 0 Å². The first kappa shape index (κ1) is 56.0. The highest BCUT2D eigenvalue weighted by Gasteiger charge is 2.46. The van der Waals surface area contributed by atoms with Crippen LogP contribution >= 0.6 is 0 Å². The van der Waals surface area contributed by atoms with Crippen LogP contribution in [0.15, 0.2) is 240 Å². The molecule has 0 unspecified atom stereocenters. The second-order valence-corrected chi connectivity index (χ2v) is 20.4. The summed E-state index contributed by atoms with van der Waals surface area (Å²) in [5, 5.41) is 100. The third kappa shape index (κ3) is 10.3. The largest absolute Gasteiger partial charge is 0.238 e. The van der Waals surface area contributed by atoms with Gasteiger partial charge in [-0.05, 0) is 118 Å². The van der Waals surface area contributed by atoms with Crippen LogP contribution in [0.5, 0.6) is 0 Å². The highest BCUT2D eigenvalue weighted by Crippen LogP contribution is 2.60. The fourth-order valence-corrected chi connectivity index (χ4v) is 11.3. The number of allylic oxidation sites excluding steroid dienone is 8. The summed E-state index contributed by atoms with van der Waals surface area (Å²) >= 11 is 0. The molecule has 0 amide bonds. The lowest BCUT2D eigenvalue weighted by Crippen LogP contribution is -2.08. The number of aromatic nitrogens is 4. The van der Waals surface area contributed by atoms with E-state index >= 15 is 0 Å². The molecule has 10 aromatic rings. The van der Waals surface area contributed by atoms with Crippen molar-refractivity contribution in [3.63, 3.8) is 0 Å². The van der Waals surface area contributed by atoms with Gasteiger partial charge in [-0.15, -0.1) is 0 Å². The van der Waals surface area contributed by atoms with Crippen LogP contribution in [0, 0.1) is 109 Å². The number of nitrogens with zero attached hydrogens (tertiary/aromatic N) is 14. The van der Waals surface area contributed by atoms with Gasteiger partial charge in [-0.2, -0.15) is 47.4 Å². The zero-order chi connectivity index (χ0) is 62.4. The molecule has 408 valence electrons. The van der Waals surface area contributed by atoms with Gasteiger partial charge < -0.3 is 0 Å². The zero-order valence-electron chi connectivity index (χ0n) is 46.9. The Morgan fingerprint density at radius 2 is 0.544 bits per heavy atom. The van der Waals surface area contributed by atoms with Crippen molar-refractivity contribution < 1.29 is 0 Å². The number of hydrogen-bond acceptors (Lipinski definition) is 13. The first-order valence-corrected chi connectivity index (χ1v) is 27.5. The van der Waals surface area contributed by atoms with Crippen molar-refractivity contribution in [2.45, 2.75) is 0 Å². The van der Waals surface area contributed by atoms with Crippen molar-refractivity contribution in [1.29, 1.82) is 47.4 Å². The molecule has 0 saturated heterocycles. The molecule has 0 bridgehead atoms. The van der Waals surface area contributed by atoms with Gasteiger partial charge in [0.05, 0.1) is 116 Å². The monoisotopic (exact) mass is 1140 g/mol. The molecule has 0 fully saturated rings. The zero-order valence-corrected chi connectivity index (χ0v) is 46.9. The average Bonchev–Trinajstić information content (AvgIpc) is 1.53. The molecule has 14 heteroatoms. The molecule has 2 heterocycles. The summed E-state index contributed by atoms with van der Waals surface area (Å²) in [6, 6.07) is 78.8. The van der Waals surface area contributed by atoms with Gasteiger partial charge in [-0.1, -0.05) is 121 Å². The fraction of sp³-hybridized carbons (Fsp3) is 0. The van der Waals surface area contributed by atoms with Crippen molar-refractivity contribution in [1.82, 2.24) is 19.9 Å². The van der Waals surface area contributed by atoms with E-state index < -0.39 is 0 Å². The Labute approximate surface area is 516 Å². The molecule has 2 aromatic heterocycles. The van der Waals surface area contributed by atoms with Crippen LogP contribution in [0.25, 0.3) is 72.2 Å². The lowest BCUT2D eigenvalue weighted by Gasteiger charge is -2.21. The molecule has 14 nitrogen and oxygen atoms in total. The van der Waals surface area contributed by atoms with Gasteiger partial charge in [0.15, 0.2) is 17.3 Å². The summed E-state index contributed by atoms with van der Waals surface area (Å²) in [5.74, 6) is -0.0895. The van der Waals surface area contributed by atoms with Gasteiger partial charge in [0, 0.05) is 61.3 Å². The Morgan fingerprint density at radius 3 is 0.789 bits per heavy atom. The van der Waals surface area contributed by atoms with Gasteiger partial charge in [0.1, 0.15) is 12.1 Å². The molecule has 0 radical (unpaired) electrons. The van der Waals surface area contributed by atoms with E-state index in [2.05, 4.69) is 59.5 Å². The van der Waals surface area contributed by atoms with Crippen LogP contribution in [-0.4, -0.2) is 19.9 Å². The summed E-state index contributed by atoms with van der Waals surface area (Å²) in [4.78, 5) is 25.0. The molecule has 90 heavy (non-hydrogen) atoms. The Hall–Kier alpha value is -14.5. The van der Waals surface area contributed by atoms with E-state index in [-0.39, 0.29) is 134 Å². The molecule has 12 rings (SSSR count). The van der Waals surface area contributed by atoms with Crippen LogP contribution in [0.1, 0.15) is 72.8 Å². The van der Waals surface area contributed by atoms with Gasteiger partial charge in [0.2, 0.25) is 0 Å². The van der Waals surface area contributed by atoms with Gasteiger partial charge in [0.25, 0.3) is 0 Å². The van der Waals surface area contributed by atoms with Gasteiger partial charge in [-0.25, -0.2) is 24.8 Å².